The van der Waals surface area contributed by atoms with Crippen LogP contribution in [0.5, 0.6) is 5.75 Å². The summed E-state index contributed by atoms with van der Waals surface area (Å²) in [5.41, 5.74) is 3.51. The Morgan fingerprint density at radius 3 is 2.45 bits per heavy atom. The van der Waals surface area contributed by atoms with Crippen molar-refractivity contribution in [2.75, 3.05) is 32.7 Å². The quantitative estimate of drug-likeness (QED) is 0.704. The second-order valence-electron chi connectivity index (χ2n) is 7.65. The lowest BCUT2D eigenvalue weighted by Crippen LogP contribution is -2.52. The van der Waals surface area contributed by atoms with Gasteiger partial charge in [-0.1, -0.05) is 61.5 Å². The minimum absolute atomic E-state index is 0.105. The molecule has 1 atom stereocenters. The van der Waals surface area contributed by atoms with Gasteiger partial charge < -0.3 is 9.64 Å². The van der Waals surface area contributed by atoms with Crippen molar-refractivity contribution in [1.29, 1.82) is 0 Å². The van der Waals surface area contributed by atoms with E-state index in [1.165, 1.54) is 11.1 Å². The molecule has 4 heteroatoms. The van der Waals surface area contributed by atoms with Gasteiger partial charge in [-0.05, 0) is 43.0 Å². The van der Waals surface area contributed by atoms with E-state index in [9.17, 15) is 4.79 Å². The topological polar surface area (TPSA) is 32.8 Å². The first-order valence-electron chi connectivity index (χ1n) is 10.5. The summed E-state index contributed by atoms with van der Waals surface area (Å²) in [5.74, 6) is 0.919. The van der Waals surface area contributed by atoms with E-state index in [1.54, 1.807) is 0 Å². The highest BCUT2D eigenvalue weighted by Gasteiger charge is 2.28. The summed E-state index contributed by atoms with van der Waals surface area (Å²) < 4.78 is 6.12. The van der Waals surface area contributed by atoms with E-state index in [4.69, 9.17) is 4.74 Å². The molecule has 1 heterocycles. The summed E-state index contributed by atoms with van der Waals surface area (Å²) >= 11 is 0. The van der Waals surface area contributed by atoms with Crippen LogP contribution < -0.4 is 4.74 Å². The van der Waals surface area contributed by atoms with Crippen molar-refractivity contribution >= 4 is 12.0 Å². The number of hydrogen-bond donors (Lipinski definition) is 0. The van der Waals surface area contributed by atoms with E-state index in [1.807, 2.05) is 36.9 Å². The average molecular weight is 393 g/mol. The molecule has 1 aliphatic heterocycles. The molecule has 0 aliphatic carbocycles. The first-order valence-corrected chi connectivity index (χ1v) is 10.5. The monoisotopic (exact) mass is 392 g/mol. The van der Waals surface area contributed by atoms with E-state index >= 15 is 0 Å². The van der Waals surface area contributed by atoms with Crippen molar-refractivity contribution in [3.05, 3.63) is 71.3 Å². The van der Waals surface area contributed by atoms with Crippen molar-refractivity contribution in [3.8, 4) is 5.75 Å². The molecule has 3 rings (SSSR count). The van der Waals surface area contributed by atoms with Crippen LogP contribution in [-0.4, -0.2) is 54.5 Å². The van der Waals surface area contributed by atoms with E-state index in [-0.39, 0.29) is 5.91 Å². The molecule has 0 radical (unpaired) electrons. The molecule has 1 saturated heterocycles. The van der Waals surface area contributed by atoms with E-state index in [2.05, 4.69) is 54.3 Å². The van der Waals surface area contributed by atoms with Crippen LogP contribution in [-0.2, 0) is 4.79 Å². The van der Waals surface area contributed by atoms with Crippen LogP contribution in [0.25, 0.3) is 6.08 Å². The number of nitrogens with zero attached hydrogens (tertiary/aromatic N) is 2. The van der Waals surface area contributed by atoms with Gasteiger partial charge in [0.2, 0.25) is 0 Å². The number of piperazine rings is 1. The van der Waals surface area contributed by atoms with Crippen molar-refractivity contribution in [3.63, 3.8) is 0 Å². The zero-order chi connectivity index (χ0) is 20.6. The number of hydrogen-bond acceptors (Lipinski definition) is 3. The number of rotatable bonds is 7. The van der Waals surface area contributed by atoms with E-state index in [0.29, 0.717) is 6.42 Å². The molecule has 1 unspecified atom stereocenters. The second-order valence-corrected chi connectivity index (χ2v) is 7.65. The molecule has 0 spiro atoms. The van der Waals surface area contributed by atoms with Crippen LogP contribution in [0.2, 0.25) is 0 Å². The Labute approximate surface area is 174 Å². The smallest absolute Gasteiger partial charge is 0.263 e. The van der Waals surface area contributed by atoms with Gasteiger partial charge in [0.1, 0.15) is 5.75 Å². The molecular weight excluding hydrogens is 360 g/mol. The SMILES string of the molecule is CCC(Oc1cccc(C)c1C)C(=O)N1CCN(C/C=C/c2ccccc2)CC1. The van der Waals surface area contributed by atoms with E-state index in [0.717, 1.165) is 44.0 Å². The summed E-state index contributed by atoms with van der Waals surface area (Å²) in [6.45, 7) is 10.3. The van der Waals surface area contributed by atoms with Gasteiger partial charge in [-0.15, -0.1) is 0 Å². The Hall–Kier alpha value is -2.59. The molecule has 0 saturated carbocycles. The van der Waals surface area contributed by atoms with Crippen LogP contribution >= 0.6 is 0 Å². The minimum atomic E-state index is -0.417. The van der Waals surface area contributed by atoms with Crippen molar-refractivity contribution in [2.45, 2.75) is 33.3 Å². The molecule has 1 amide bonds. The lowest BCUT2D eigenvalue weighted by Gasteiger charge is -2.36. The van der Waals surface area contributed by atoms with Gasteiger partial charge >= 0.3 is 0 Å². The van der Waals surface area contributed by atoms with Gasteiger partial charge in [0, 0.05) is 32.7 Å². The zero-order valence-corrected chi connectivity index (χ0v) is 17.8. The van der Waals surface area contributed by atoms with Crippen LogP contribution in [0.3, 0.4) is 0 Å². The Kier molecular flexibility index (Phi) is 7.48. The summed E-state index contributed by atoms with van der Waals surface area (Å²) in [7, 11) is 0. The van der Waals surface area contributed by atoms with Gasteiger partial charge in [0.25, 0.3) is 5.91 Å². The number of benzene rings is 2. The highest BCUT2D eigenvalue weighted by molar-refractivity contribution is 5.81. The third-order valence-electron chi connectivity index (χ3n) is 5.63. The number of amides is 1. The molecular formula is C25H32N2O2. The van der Waals surface area contributed by atoms with E-state index < -0.39 is 6.10 Å². The maximum atomic E-state index is 13.0. The third-order valence-corrected chi connectivity index (χ3v) is 5.63. The highest BCUT2D eigenvalue weighted by atomic mass is 16.5. The molecule has 154 valence electrons. The normalized spacial score (nSPS) is 16.2. The van der Waals surface area contributed by atoms with Crippen molar-refractivity contribution in [2.24, 2.45) is 0 Å². The number of ether oxygens (including phenoxy) is 1. The minimum Gasteiger partial charge on any atom is -0.480 e. The third kappa shape index (κ3) is 5.70. The van der Waals surface area contributed by atoms with Gasteiger partial charge in [-0.25, -0.2) is 0 Å². The first kappa shape index (κ1) is 21.1. The zero-order valence-electron chi connectivity index (χ0n) is 17.8. The van der Waals surface area contributed by atoms with Crippen molar-refractivity contribution in [1.82, 2.24) is 9.80 Å². The fourth-order valence-corrected chi connectivity index (χ4v) is 3.57. The Morgan fingerprint density at radius 2 is 1.76 bits per heavy atom. The van der Waals surface area contributed by atoms with Crippen LogP contribution in [0.1, 0.15) is 30.0 Å². The predicted octanol–water partition coefficient (Wildman–Crippen LogP) is 4.32. The molecule has 0 bridgehead atoms. The average Bonchev–Trinajstić information content (AvgIpc) is 2.75. The Balaban J connectivity index is 1.50. The number of aryl methyl sites for hydroxylation is 1. The summed E-state index contributed by atoms with van der Waals surface area (Å²) in [5, 5.41) is 0. The van der Waals surface area contributed by atoms with Crippen LogP contribution in [0.4, 0.5) is 0 Å². The fraction of sp³-hybridized carbons (Fsp3) is 0.400. The van der Waals surface area contributed by atoms with Crippen molar-refractivity contribution < 1.29 is 9.53 Å². The standard InChI is InChI=1S/C25H32N2O2/c1-4-23(29-24-14-8-10-20(2)21(24)3)25(28)27-18-16-26(17-19-27)15-9-13-22-11-6-5-7-12-22/h5-14,23H,4,15-19H2,1-3H3/b13-9+. The lowest BCUT2D eigenvalue weighted by atomic mass is 10.1. The molecule has 0 aromatic heterocycles. The Morgan fingerprint density at radius 1 is 1.03 bits per heavy atom. The van der Waals surface area contributed by atoms with Crippen LogP contribution in [0.15, 0.2) is 54.6 Å². The van der Waals surface area contributed by atoms with Crippen LogP contribution in [0, 0.1) is 13.8 Å². The summed E-state index contributed by atoms with van der Waals surface area (Å²) in [4.78, 5) is 17.3. The Bertz CT molecular complexity index is 824. The first-order chi connectivity index (χ1) is 14.1. The molecule has 4 nitrogen and oxygen atoms in total. The molecule has 1 aliphatic rings. The molecule has 0 N–H and O–H groups in total. The number of carbonyl (C=O) groups is 1. The molecule has 2 aromatic rings. The fourth-order valence-electron chi connectivity index (χ4n) is 3.57. The molecule has 1 fully saturated rings. The van der Waals surface area contributed by atoms with Gasteiger partial charge in [0.15, 0.2) is 6.10 Å². The maximum Gasteiger partial charge on any atom is 0.263 e. The summed E-state index contributed by atoms with van der Waals surface area (Å²) in [6.07, 6.45) is 4.61. The predicted molar refractivity (Wildman–Crippen MR) is 119 cm³/mol. The number of carbonyl (C=O) groups excluding carboxylic acids is 1. The molecule has 29 heavy (non-hydrogen) atoms. The van der Waals surface area contributed by atoms with Gasteiger partial charge in [0.05, 0.1) is 0 Å². The summed E-state index contributed by atoms with van der Waals surface area (Å²) in [6, 6.07) is 16.3. The molecule has 2 aromatic carbocycles. The van der Waals surface area contributed by atoms with Gasteiger partial charge in [-0.3, -0.25) is 9.69 Å². The van der Waals surface area contributed by atoms with Gasteiger partial charge in [-0.2, -0.15) is 0 Å². The largest absolute Gasteiger partial charge is 0.480 e. The maximum absolute atomic E-state index is 13.0. The highest BCUT2D eigenvalue weighted by Crippen LogP contribution is 2.23. The lowest BCUT2D eigenvalue weighted by molar-refractivity contribution is -0.140. The second kappa shape index (κ2) is 10.3.